The molecule has 3 rings (SSSR count). The van der Waals surface area contributed by atoms with E-state index in [0.717, 1.165) is 22.3 Å². The van der Waals surface area contributed by atoms with Gasteiger partial charge in [0.25, 0.3) is 5.69 Å². The van der Waals surface area contributed by atoms with E-state index in [2.05, 4.69) is 0 Å². The highest BCUT2D eigenvalue weighted by atomic mass is 35.5. The highest BCUT2D eigenvalue weighted by Crippen LogP contribution is 2.23. The normalized spacial score (nSPS) is 10.7. The number of nitro benzene ring substituents is 1. The van der Waals surface area contributed by atoms with Crippen molar-refractivity contribution in [2.24, 2.45) is 0 Å². The number of ether oxygens (including phenoxy) is 1. The SMILES string of the molecule is Cc1cc(C(=O)COC(=O)c2cc([N+](=O)[O-])ccc2Cl)c(C)n1Cc1cccs1. The summed E-state index contributed by atoms with van der Waals surface area (Å²) < 4.78 is 7.09. The Balaban J connectivity index is 1.72. The minimum atomic E-state index is -0.889. The molecule has 150 valence electrons. The molecule has 0 aliphatic rings. The van der Waals surface area contributed by atoms with Crippen molar-refractivity contribution in [3.05, 3.63) is 84.3 Å². The van der Waals surface area contributed by atoms with Crippen LogP contribution >= 0.6 is 22.9 Å². The zero-order chi connectivity index (χ0) is 21.1. The summed E-state index contributed by atoms with van der Waals surface area (Å²) in [5.74, 6) is -1.25. The standard InChI is InChI=1S/C20H17ClN2O5S/c1-12-8-16(13(2)22(12)10-15-4-3-7-29-15)19(24)11-28-20(25)17-9-14(23(26)27)5-6-18(17)21/h3-9H,10-11H2,1-2H3. The fourth-order valence-corrected chi connectivity index (χ4v) is 3.84. The lowest BCUT2D eigenvalue weighted by Gasteiger charge is -2.09. The number of carbonyl (C=O) groups excluding carboxylic acids is 2. The van der Waals surface area contributed by atoms with Gasteiger partial charge in [0, 0.05) is 34.0 Å². The number of halogens is 1. The number of aryl methyl sites for hydroxylation is 1. The number of aromatic nitrogens is 1. The van der Waals surface area contributed by atoms with Crippen LogP contribution in [0.3, 0.4) is 0 Å². The van der Waals surface area contributed by atoms with Gasteiger partial charge in [-0.25, -0.2) is 4.79 Å². The van der Waals surface area contributed by atoms with Crippen molar-refractivity contribution in [3.8, 4) is 0 Å². The molecular weight excluding hydrogens is 416 g/mol. The molecule has 2 heterocycles. The minimum absolute atomic E-state index is 0.0159. The number of Topliss-reactive ketones (excluding diaryl/α,β-unsaturated/α-hetero) is 1. The highest BCUT2D eigenvalue weighted by molar-refractivity contribution is 7.09. The Labute approximate surface area is 175 Å². The van der Waals surface area contributed by atoms with Gasteiger partial charge in [-0.2, -0.15) is 0 Å². The van der Waals surface area contributed by atoms with Gasteiger partial charge in [-0.3, -0.25) is 14.9 Å². The van der Waals surface area contributed by atoms with Crippen LogP contribution in [0, 0.1) is 24.0 Å². The molecule has 0 fully saturated rings. The van der Waals surface area contributed by atoms with E-state index in [0.29, 0.717) is 12.1 Å². The molecule has 0 N–H and O–H groups in total. The third kappa shape index (κ3) is 4.55. The number of rotatable bonds is 7. The third-order valence-corrected chi connectivity index (χ3v) is 5.67. The van der Waals surface area contributed by atoms with Crippen LogP contribution in [0.5, 0.6) is 0 Å². The molecule has 0 atom stereocenters. The van der Waals surface area contributed by atoms with Gasteiger partial charge in [-0.1, -0.05) is 17.7 Å². The molecule has 9 heteroatoms. The molecule has 0 amide bonds. The molecule has 29 heavy (non-hydrogen) atoms. The van der Waals surface area contributed by atoms with E-state index >= 15 is 0 Å². The Morgan fingerprint density at radius 3 is 2.62 bits per heavy atom. The number of hydrogen-bond donors (Lipinski definition) is 0. The first-order chi connectivity index (χ1) is 13.8. The lowest BCUT2D eigenvalue weighted by molar-refractivity contribution is -0.384. The summed E-state index contributed by atoms with van der Waals surface area (Å²) in [6.07, 6.45) is 0. The maximum absolute atomic E-state index is 12.6. The van der Waals surface area contributed by atoms with Crippen molar-refractivity contribution in [3.63, 3.8) is 0 Å². The second-order valence-corrected chi connectivity index (χ2v) is 7.81. The van der Waals surface area contributed by atoms with Crippen LogP contribution in [0.25, 0.3) is 0 Å². The van der Waals surface area contributed by atoms with Crippen LogP contribution < -0.4 is 0 Å². The van der Waals surface area contributed by atoms with E-state index in [4.69, 9.17) is 16.3 Å². The van der Waals surface area contributed by atoms with Crippen molar-refractivity contribution in [2.75, 3.05) is 6.61 Å². The molecule has 0 spiro atoms. The summed E-state index contributed by atoms with van der Waals surface area (Å²) in [6.45, 7) is 3.92. The predicted molar refractivity (Wildman–Crippen MR) is 110 cm³/mol. The molecule has 3 aromatic rings. The molecule has 0 unspecified atom stereocenters. The Kier molecular flexibility index (Phi) is 6.14. The Hall–Kier alpha value is -2.97. The topological polar surface area (TPSA) is 91.4 Å². The molecule has 0 saturated carbocycles. The number of benzene rings is 1. The number of hydrogen-bond acceptors (Lipinski definition) is 6. The highest BCUT2D eigenvalue weighted by Gasteiger charge is 2.21. The molecule has 0 aliphatic heterocycles. The van der Waals surface area contributed by atoms with Gasteiger partial charge < -0.3 is 9.30 Å². The third-order valence-electron chi connectivity index (χ3n) is 4.48. The summed E-state index contributed by atoms with van der Waals surface area (Å²) in [6, 6.07) is 9.22. The number of nitrogens with zero attached hydrogens (tertiary/aromatic N) is 2. The zero-order valence-electron chi connectivity index (χ0n) is 15.7. The Bertz CT molecular complexity index is 1090. The maximum atomic E-state index is 12.6. The van der Waals surface area contributed by atoms with E-state index in [9.17, 15) is 19.7 Å². The zero-order valence-corrected chi connectivity index (χ0v) is 17.2. The average Bonchev–Trinajstić information content (AvgIpc) is 3.29. The summed E-state index contributed by atoms with van der Waals surface area (Å²) in [5, 5.41) is 12.9. The van der Waals surface area contributed by atoms with Crippen LogP contribution in [0.4, 0.5) is 5.69 Å². The van der Waals surface area contributed by atoms with Gasteiger partial charge in [-0.05, 0) is 37.4 Å². The van der Waals surface area contributed by atoms with Crippen LogP contribution in [-0.4, -0.2) is 27.8 Å². The van der Waals surface area contributed by atoms with Gasteiger partial charge in [0.05, 0.1) is 22.1 Å². The van der Waals surface area contributed by atoms with E-state index in [1.54, 1.807) is 17.4 Å². The van der Waals surface area contributed by atoms with Crippen LogP contribution in [0.15, 0.2) is 41.8 Å². The largest absolute Gasteiger partial charge is 0.454 e. The van der Waals surface area contributed by atoms with E-state index in [1.807, 2.05) is 35.9 Å². The van der Waals surface area contributed by atoms with E-state index in [-0.39, 0.29) is 22.1 Å². The minimum Gasteiger partial charge on any atom is -0.454 e. The summed E-state index contributed by atoms with van der Waals surface area (Å²) >= 11 is 7.57. The van der Waals surface area contributed by atoms with E-state index in [1.165, 1.54) is 12.1 Å². The van der Waals surface area contributed by atoms with Crippen molar-refractivity contribution < 1.29 is 19.2 Å². The van der Waals surface area contributed by atoms with Gasteiger partial charge in [0.1, 0.15) is 0 Å². The first kappa shape index (κ1) is 20.8. The second-order valence-electron chi connectivity index (χ2n) is 6.37. The number of carbonyl (C=O) groups is 2. The lowest BCUT2D eigenvalue weighted by atomic mass is 10.1. The number of thiophene rings is 1. The predicted octanol–water partition coefficient (Wildman–Crippen LogP) is 4.82. The number of ketones is 1. The van der Waals surface area contributed by atoms with Crippen molar-refractivity contribution in [2.45, 2.75) is 20.4 Å². The van der Waals surface area contributed by atoms with Gasteiger partial charge >= 0.3 is 5.97 Å². The number of non-ortho nitro benzene ring substituents is 1. The Morgan fingerprint density at radius 1 is 1.21 bits per heavy atom. The van der Waals surface area contributed by atoms with Gasteiger partial charge in [-0.15, -0.1) is 11.3 Å². The van der Waals surface area contributed by atoms with Gasteiger partial charge in [0.15, 0.2) is 6.61 Å². The van der Waals surface area contributed by atoms with Gasteiger partial charge in [0.2, 0.25) is 5.78 Å². The first-order valence-corrected chi connectivity index (χ1v) is 9.87. The van der Waals surface area contributed by atoms with Crippen molar-refractivity contribution in [1.29, 1.82) is 0 Å². The smallest absolute Gasteiger partial charge is 0.340 e. The number of nitro groups is 1. The fraction of sp³-hybridized carbons (Fsp3) is 0.200. The van der Waals surface area contributed by atoms with Crippen LogP contribution in [-0.2, 0) is 11.3 Å². The molecule has 1 aromatic carbocycles. The Morgan fingerprint density at radius 2 is 1.97 bits per heavy atom. The molecule has 0 radical (unpaired) electrons. The lowest BCUT2D eigenvalue weighted by Crippen LogP contribution is -2.15. The molecular formula is C20H17ClN2O5S. The average molecular weight is 433 g/mol. The quantitative estimate of drug-likeness (QED) is 0.231. The van der Waals surface area contributed by atoms with Crippen LogP contribution in [0.2, 0.25) is 5.02 Å². The molecule has 0 saturated heterocycles. The molecule has 0 aliphatic carbocycles. The fourth-order valence-electron chi connectivity index (χ4n) is 2.95. The molecule has 7 nitrogen and oxygen atoms in total. The molecule has 2 aromatic heterocycles. The maximum Gasteiger partial charge on any atom is 0.340 e. The number of esters is 1. The summed E-state index contributed by atoms with van der Waals surface area (Å²) in [5.41, 5.74) is 1.73. The van der Waals surface area contributed by atoms with Crippen molar-refractivity contribution in [1.82, 2.24) is 4.57 Å². The monoisotopic (exact) mass is 432 g/mol. The van der Waals surface area contributed by atoms with Crippen molar-refractivity contribution >= 4 is 40.4 Å². The first-order valence-electron chi connectivity index (χ1n) is 8.61. The van der Waals surface area contributed by atoms with Crippen LogP contribution in [0.1, 0.15) is 37.0 Å². The van der Waals surface area contributed by atoms with E-state index < -0.39 is 17.5 Å². The molecule has 0 bridgehead atoms. The summed E-state index contributed by atoms with van der Waals surface area (Å²) in [7, 11) is 0. The second kappa shape index (κ2) is 8.59. The summed E-state index contributed by atoms with van der Waals surface area (Å²) in [4.78, 5) is 36.3.